The first-order chi connectivity index (χ1) is 11.3. The highest BCUT2D eigenvalue weighted by atomic mass is 32.2. The quantitative estimate of drug-likeness (QED) is 0.632. The Morgan fingerprint density at radius 3 is 2.78 bits per heavy atom. The molecule has 1 unspecified atom stereocenters. The Morgan fingerprint density at radius 2 is 2.00 bits per heavy atom. The summed E-state index contributed by atoms with van der Waals surface area (Å²) in [6.45, 7) is 0.867. The molecule has 1 aliphatic carbocycles. The molecule has 0 N–H and O–H groups in total. The van der Waals surface area contributed by atoms with Gasteiger partial charge >= 0.3 is 0 Å². The van der Waals surface area contributed by atoms with E-state index in [0.717, 1.165) is 54.1 Å². The minimum atomic E-state index is 0.123. The van der Waals surface area contributed by atoms with Gasteiger partial charge in [-0.15, -0.1) is 0 Å². The Bertz CT molecular complexity index is 746. The predicted octanol–water partition coefficient (Wildman–Crippen LogP) is 3.78. The minimum absolute atomic E-state index is 0.123. The van der Waals surface area contributed by atoms with Crippen molar-refractivity contribution in [1.82, 2.24) is 9.55 Å². The van der Waals surface area contributed by atoms with E-state index in [2.05, 4.69) is 0 Å². The van der Waals surface area contributed by atoms with Crippen molar-refractivity contribution in [1.29, 1.82) is 0 Å². The second-order valence-corrected chi connectivity index (χ2v) is 7.46. The van der Waals surface area contributed by atoms with Crippen LogP contribution in [0.2, 0.25) is 0 Å². The number of fused-ring (bicyclic) bond motifs is 1. The normalized spacial score (nSPS) is 22.2. The van der Waals surface area contributed by atoms with Crippen LogP contribution in [0.1, 0.15) is 44.6 Å². The van der Waals surface area contributed by atoms with Gasteiger partial charge in [0.2, 0.25) is 0 Å². The zero-order valence-corrected chi connectivity index (χ0v) is 14.1. The fourth-order valence-corrected chi connectivity index (χ4v) is 4.79. The predicted molar refractivity (Wildman–Crippen MR) is 93.2 cm³/mol. The average molecular weight is 330 g/mol. The Labute approximate surface area is 140 Å². The molecule has 4 nitrogen and oxygen atoms in total. The lowest BCUT2D eigenvalue weighted by molar-refractivity contribution is 0.129. The number of benzene rings is 1. The van der Waals surface area contributed by atoms with Gasteiger partial charge in [0, 0.05) is 18.4 Å². The van der Waals surface area contributed by atoms with Gasteiger partial charge < -0.3 is 4.74 Å². The number of ether oxygens (including phenoxy) is 1. The van der Waals surface area contributed by atoms with Gasteiger partial charge in [-0.1, -0.05) is 36.7 Å². The van der Waals surface area contributed by atoms with Crippen molar-refractivity contribution < 1.29 is 4.74 Å². The molecule has 1 saturated carbocycles. The zero-order valence-electron chi connectivity index (χ0n) is 13.2. The molecule has 2 aromatic rings. The molecule has 0 spiro atoms. The van der Waals surface area contributed by atoms with E-state index in [9.17, 15) is 4.79 Å². The first-order valence-electron chi connectivity index (χ1n) is 8.58. The summed E-state index contributed by atoms with van der Waals surface area (Å²) >= 11 is 1.69. The Kier molecular flexibility index (Phi) is 4.40. The molecule has 1 aromatic carbocycles. The van der Waals surface area contributed by atoms with E-state index in [1.54, 1.807) is 11.8 Å². The molecule has 0 bridgehead atoms. The summed E-state index contributed by atoms with van der Waals surface area (Å²) in [7, 11) is 0. The molecule has 1 aromatic heterocycles. The fourth-order valence-electron chi connectivity index (χ4n) is 3.66. The van der Waals surface area contributed by atoms with Crippen LogP contribution in [0.25, 0.3) is 10.9 Å². The standard InChI is InChI=1S/C18H22N2O2S/c21-17-15-9-3-4-10-16(15)19-18(20(17)13-6-1-2-7-13)23-12-14-8-5-11-22-14/h3-4,9-10,13-14H,1-2,5-8,11-12H2. The topological polar surface area (TPSA) is 44.1 Å². The van der Waals surface area contributed by atoms with Crippen molar-refractivity contribution in [2.45, 2.75) is 55.8 Å². The molecule has 1 saturated heterocycles. The molecule has 0 radical (unpaired) electrons. The van der Waals surface area contributed by atoms with Crippen LogP contribution in [0.3, 0.4) is 0 Å². The van der Waals surface area contributed by atoms with E-state index in [1.165, 1.54) is 12.8 Å². The molecule has 1 atom stereocenters. The summed E-state index contributed by atoms with van der Waals surface area (Å²) in [4.78, 5) is 17.8. The van der Waals surface area contributed by atoms with Crippen LogP contribution in [0.4, 0.5) is 0 Å². The number of nitrogens with zero attached hydrogens (tertiary/aromatic N) is 2. The molecule has 2 aliphatic rings. The van der Waals surface area contributed by atoms with Gasteiger partial charge in [0.25, 0.3) is 5.56 Å². The van der Waals surface area contributed by atoms with Gasteiger partial charge in [-0.2, -0.15) is 0 Å². The lowest BCUT2D eigenvalue weighted by Gasteiger charge is -2.19. The number of hydrogen-bond acceptors (Lipinski definition) is 4. The summed E-state index contributed by atoms with van der Waals surface area (Å²) in [6.07, 6.45) is 7.17. The number of aromatic nitrogens is 2. The first-order valence-corrected chi connectivity index (χ1v) is 9.57. The Balaban J connectivity index is 1.73. The lowest BCUT2D eigenvalue weighted by Crippen LogP contribution is -2.27. The van der Waals surface area contributed by atoms with Gasteiger partial charge in [0.1, 0.15) is 0 Å². The van der Waals surface area contributed by atoms with Crippen LogP contribution in [0.5, 0.6) is 0 Å². The largest absolute Gasteiger partial charge is 0.377 e. The third-order valence-electron chi connectivity index (χ3n) is 4.89. The van der Waals surface area contributed by atoms with Crippen molar-refractivity contribution in [2.75, 3.05) is 12.4 Å². The van der Waals surface area contributed by atoms with E-state index in [4.69, 9.17) is 9.72 Å². The van der Waals surface area contributed by atoms with Crippen LogP contribution < -0.4 is 5.56 Å². The second kappa shape index (κ2) is 6.65. The molecule has 5 heteroatoms. The van der Waals surface area contributed by atoms with E-state index < -0.39 is 0 Å². The van der Waals surface area contributed by atoms with Gasteiger partial charge in [-0.3, -0.25) is 9.36 Å². The van der Waals surface area contributed by atoms with Gasteiger partial charge in [0.15, 0.2) is 5.16 Å². The molecule has 2 fully saturated rings. The lowest BCUT2D eigenvalue weighted by atomic mass is 10.2. The van der Waals surface area contributed by atoms with Gasteiger partial charge in [0.05, 0.1) is 17.0 Å². The Morgan fingerprint density at radius 1 is 1.17 bits per heavy atom. The van der Waals surface area contributed by atoms with Crippen molar-refractivity contribution in [2.24, 2.45) is 0 Å². The Hall–Kier alpha value is -1.33. The summed E-state index contributed by atoms with van der Waals surface area (Å²) in [5.41, 5.74) is 0.930. The fraction of sp³-hybridized carbons (Fsp3) is 0.556. The molecular weight excluding hydrogens is 308 g/mol. The van der Waals surface area contributed by atoms with E-state index in [1.807, 2.05) is 28.8 Å². The number of rotatable bonds is 4. The summed E-state index contributed by atoms with van der Waals surface area (Å²) in [5, 5.41) is 1.61. The van der Waals surface area contributed by atoms with Crippen molar-refractivity contribution in [3.05, 3.63) is 34.6 Å². The van der Waals surface area contributed by atoms with Crippen LogP contribution in [0, 0.1) is 0 Å². The maximum atomic E-state index is 13.0. The van der Waals surface area contributed by atoms with Gasteiger partial charge in [-0.05, 0) is 37.8 Å². The monoisotopic (exact) mass is 330 g/mol. The van der Waals surface area contributed by atoms with E-state index in [0.29, 0.717) is 12.1 Å². The van der Waals surface area contributed by atoms with Crippen LogP contribution in [-0.2, 0) is 4.74 Å². The second-order valence-electron chi connectivity index (χ2n) is 6.47. The third kappa shape index (κ3) is 3.04. The van der Waals surface area contributed by atoms with Crippen LogP contribution in [-0.4, -0.2) is 28.0 Å². The van der Waals surface area contributed by atoms with Gasteiger partial charge in [-0.25, -0.2) is 4.98 Å². The number of hydrogen-bond donors (Lipinski definition) is 0. The smallest absolute Gasteiger partial charge is 0.262 e. The summed E-state index contributed by atoms with van der Waals surface area (Å²) < 4.78 is 7.69. The maximum Gasteiger partial charge on any atom is 0.262 e. The highest BCUT2D eigenvalue weighted by Gasteiger charge is 2.24. The maximum absolute atomic E-state index is 13.0. The molecule has 0 amide bonds. The van der Waals surface area contributed by atoms with Crippen molar-refractivity contribution in [3.63, 3.8) is 0 Å². The molecule has 23 heavy (non-hydrogen) atoms. The first kappa shape index (κ1) is 15.2. The third-order valence-corrected chi connectivity index (χ3v) is 5.97. The zero-order chi connectivity index (χ0) is 15.6. The molecular formula is C18H22N2O2S. The average Bonchev–Trinajstić information content (AvgIpc) is 3.27. The molecule has 2 heterocycles. The van der Waals surface area contributed by atoms with Crippen LogP contribution in [0.15, 0.2) is 34.2 Å². The number of thioether (sulfide) groups is 1. The SMILES string of the molecule is O=c1c2ccccc2nc(SCC2CCCO2)n1C1CCCC1. The minimum Gasteiger partial charge on any atom is -0.377 e. The van der Waals surface area contributed by atoms with Crippen molar-refractivity contribution >= 4 is 22.7 Å². The van der Waals surface area contributed by atoms with E-state index >= 15 is 0 Å². The highest BCUT2D eigenvalue weighted by Crippen LogP contribution is 2.32. The summed E-state index contributed by atoms with van der Waals surface area (Å²) in [6, 6.07) is 8.01. The molecule has 4 rings (SSSR count). The molecule has 122 valence electrons. The number of para-hydroxylation sites is 1. The van der Waals surface area contributed by atoms with Crippen LogP contribution >= 0.6 is 11.8 Å². The summed E-state index contributed by atoms with van der Waals surface area (Å²) in [5.74, 6) is 0.886. The van der Waals surface area contributed by atoms with Crippen molar-refractivity contribution in [3.8, 4) is 0 Å². The molecule has 1 aliphatic heterocycles. The highest BCUT2D eigenvalue weighted by molar-refractivity contribution is 7.99. The van der Waals surface area contributed by atoms with E-state index in [-0.39, 0.29) is 5.56 Å².